The maximum Gasteiger partial charge on any atom is 0.331 e. The molecule has 2 N–H and O–H groups in total. The van der Waals surface area contributed by atoms with Gasteiger partial charge in [-0.2, -0.15) is 0 Å². The molecular weight excluding hydrogens is 230 g/mol. The van der Waals surface area contributed by atoms with Crippen molar-refractivity contribution in [3.8, 4) is 0 Å². The highest BCUT2D eigenvalue weighted by Crippen LogP contribution is 2.25. The highest BCUT2D eigenvalue weighted by atomic mass is 16.4. The summed E-state index contributed by atoms with van der Waals surface area (Å²) in [5.41, 5.74) is 0.413. The minimum atomic E-state index is -1.03. The molecule has 1 saturated carbocycles. The molecule has 1 fully saturated rings. The molecule has 0 radical (unpaired) electrons. The van der Waals surface area contributed by atoms with Crippen LogP contribution < -0.4 is 5.32 Å². The number of nitrogens with one attached hydrogen (secondary N) is 1. The summed E-state index contributed by atoms with van der Waals surface area (Å²) in [6.07, 6.45) is 7.47. The van der Waals surface area contributed by atoms with E-state index in [2.05, 4.69) is 5.32 Å². The van der Waals surface area contributed by atoms with Crippen LogP contribution in [0.2, 0.25) is 0 Å². The zero-order valence-corrected chi connectivity index (χ0v) is 11.3. The zero-order valence-electron chi connectivity index (χ0n) is 11.3. The quantitative estimate of drug-likeness (QED) is 0.740. The number of aliphatic carboxylic acids is 1. The molecule has 0 aromatic rings. The Labute approximate surface area is 108 Å². The second kappa shape index (κ2) is 7.19. The Morgan fingerprint density at radius 3 is 2.28 bits per heavy atom. The van der Waals surface area contributed by atoms with E-state index in [-0.39, 0.29) is 11.5 Å². The fraction of sp³-hybridized carbons (Fsp3) is 0.714. The van der Waals surface area contributed by atoms with Crippen molar-refractivity contribution in [2.24, 2.45) is 5.92 Å². The van der Waals surface area contributed by atoms with Crippen LogP contribution in [0.5, 0.6) is 0 Å². The molecule has 4 heteroatoms. The largest absolute Gasteiger partial charge is 0.478 e. The molecule has 0 heterocycles. The van der Waals surface area contributed by atoms with Crippen LogP contribution in [-0.4, -0.2) is 23.5 Å². The van der Waals surface area contributed by atoms with Gasteiger partial charge in [0.15, 0.2) is 0 Å². The lowest BCUT2D eigenvalue weighted by molar-refractivity contribution is -0.133. The van der Waals surface area contributed by atoms with Crippen LogP contribution in [0.15, 0.2) is 11.1 Å². The van der Waals surface area contributed by atoms with E-state index < -0.39 is 5.97 Å². The summed E-state index contributed by atoms with van der Waals surface area (Å²) in [7, 11) is 0. The second-order valence-corrected chi connectivity index (χ2v) is 5.10. The Bertz CT molecular complexity index is 341. The molecule has 1 amide bonds. The van der Waals surface area contributed by atoms with Crippen LogP contribution in [0.4, 0.5) is 0 Å². The highest BCUT2D eigenvalue weighted by molar-refractivity contribution is 6.01. The van der Waals surface area contributed by atoms with E-state index in [4.69, 9.17) is 5.11 Å². The maximum absolute atomic E-state index is 11.7. The van der Waals surface area contributed by atoms with Crippen molar-refractivity contribution in [3.63, 3.8) is 0 Å². The molecule has 4 nitrogen and oxygen atoms in total. The summed E-state index contributed by atoms with van der Waals surface area (Å²) >= 11 is 0. The molecule has 0 unspecified atom stereocenters. The Morgan fingerprint density at radius 2 is 1.72 bits per heavy atom. The number of amides is 1. The predicted octanol–water partition coefficient (Wildman–Crippen LogP) is 2.49. The molecule has 0 spiro atoms. The number of carboxylic acid groups (broad SMARTS) is 1. The SMILES string of the molecule is CC(C(=O)O)=C(C)C(=O)NCCC1CCCCC1. The first-order valence-corrected chi connectivity index (χ1v) is 6.71. The summed E-state index contributed by atoms with van der Waals surface area (Å²) in [6.45, 7) is 3.66. The lowest BCUT2D eigenvalue weighted by atomic mass is 9.87. The lowest BCUT2D eigenvalue weighted by Gasteiger charge is -2.21. The van der Waals surface area contributed by atoms with Gasteiger partial charge in [-0.25, -0.2) is 4.79 Å². The van der Waals surface area contributed by atoms with E-state index in [1.54, 1.807) is 6.92 Å². The average Bonchev–Trinajstić information content (AvgIpc) is 2.38. The molecule has 1 aliphatic rings. The summed E-state index contributed by atoms with van der Waals surface area (Å²) in [5.74, 6) is -0.565. The molecule has 0 aromatic heterocycles. The smallest absolute Gasteiger partial charge is 0.331 e. The number of hydrogen-bond donors (Lipinski definition) is 2. The number of carboxylic acids is 1. The molecule has 102 valence electrons. The van der Waals surface area contributed by atoms with Gasteiger partial charge in [-0.3, -0.25) is 4.79 Å². The Morgan fingerprint density at radius 1 is 1.11 bits per heavy atom. The van der Waals surface area contributed by atoms with Gasteiger partial charge in [-0.05, 0) is 26.2 Å². The van der Waals surface area contributed by atoms with Gasteiger partial charge < -0.3 is 10.4 Å². The molecule has 0 bridgehead atoms. The molecule has 1 aliphatic carbocycles. The van der Waals surface area contributed by atoms with Gasteiger partial charge in [0.2, 0.25) is 5.91 Å². The molecular formula is C14H23NO3. The zero-order chi connectivity index (χ0) is 13.5. The van der Waals surface area contributed by atoms with Crippen LogP contribution in [0, 0.1) is 5.92 Å². The van der Waals surface area contributed by atoms with Gasteiger partial charge in [0.1, 0.15) is 0 Å². The standard InChI is InChI=1S/C14H23NO3/c1-10(11(2)14(17)18)13(16)15-9-8-12-6-4-3-5-7-12/h12H,3-9H2,1-2H3,(H,15,16)(H,17,18). The second-order valence-electron chi connectivity index (χ2n) is 5.10. The van der Waals surface area contributed by atoms with E-state index in [9.17, 15) is 9.59 Å². The third-order valence-corrected chi connectivity index (χ3v) is 3.79. The monoisotopic (exact) mass is 253 g/mol. The van der Waals surface area contributed by atoms with Crippen LogP contribution in [0.25, 0.3) is 0 Å². The van der Waals surface area contributed by atoms with Crippen LogP contribution >= 0.6 is 0 Å². The maximum atomic E-state index is 11.7. The lowest BCUT2D eigenvalue weighted by Crippen LogP contribution is -2.28. The van der Waals surface area contributed by atoms with Gasteiger partial charge >= 0.3 is 5.97 Å². The third-order valence-electron chi connectivity index (χ3n) is 3.79. The number of carbonyl (C=O) groups is 2. The van der Waals surface area contributed by atoms with Crippen LogP contribution in [0.1, 0.15) is 52.4 Å². The first-order chi connectivity index (χ1) is 8.52. The van der Waals surface area contributed by atoms with Crippen molar-refractivity contribution < 1.29 is 14.7 Å². The number of rotatable bonds is 5. The van der Waals surface area contributed by atoms with E-state index in [1.165, 1.54) is 39.0 Å². The Kier molecular flexibility index (Phi) is 5.89. The van der Waals surface area contributed by atoms with Crippen LogP contribution in [0.3, 0.4) is 0 Å². The van der Waals surface area contributed by atoms with E-state index in [0.717, 1.165) is 12.3 Å². The fourth-order valence-electron chi connectivity index (χ4n) is 2.33. The highest BCUT2D eigenvalue weighted by Gasteiger charge is 2.15. The number of hydrogen-bond acceptors (Lipinski definition) is 2. The van der Waals surface area contributed by atoms with E-state index in [0.29, 0.717) is 12.1 Å². The van der Waals surface area contributed by atoms with E-state index >= 15 is 0 Å². The van der Waals surface area contributed by atoms with Gasteiger partial charge in [0, 0.05) is 17.7 Å². The summed E-state index contributed by atoms with van der Waals surface area (Å²) < 4.78 is 0. The Hall–Kier alpha value is -1.32. The average molecular weight is 253 g/mol. The molecule has 0 aliphatic heterocycles. The minimum Gasteiger partial charge on any atom is -0.478 e. The first kappa shape index (κ1) is 14.7. The van der Waals surface area contributed by atoms with Crippen molar-refractivity contribution in [1.82, 2.24) is 5.32 Å². The predicted molar refractivity (Wildman–Crippen MR) is 70.2 cm³/mol. The fourth-order valence-corrected chi connectivity index (χ4v) is 2.33. The van der Waals surface area contributed by atoms with Crippen molar-refractivity contribution in [3.05, 3.63) is 11.1 Å². The van der Waals surface area contributed by atoms with Gasteiger partial charge in [-0.15, -0.1) is 0 Å². The van der Waals surface area contributed by atoms with Crippen molar-refractivity contribution >= 4 is 11.9 Å². The van der Waals surface area contributed by atoms with Gasteiger partial charge in [0.05, 0.1) is 0 Å². The first-order valence-electron chi connectivity index (χ1n) is 6.71. The molecule has 0 saturated heterocycles. The van der Waals surface area contributed by atoms with Crippen molar-refractivity contribution in [2.45, 2.75) is 52.4 Å². The van der Waals surface area contributed by atoms with Gasteiger partial charge in [0.25, 0.3) is 0 Å². The third kappa shape index (κ3) is 4.51. The summed E-state index contributed by atoms with van der Waals surface area (Å²) in [5, 5.41) is 11.6. The number of carbonyl (C=O) groups excluding carboxylic acids is 1. The minimum absolute atomic E-state index is 0.116. The Balaban J connectivity index is 2.32. The molecule has 1 rings (SSSR count). The normalized spacial score (nSPS) is 18.1. The van der Waals surface area contributed by atoms with Crippen molar-refractivity contribution in [2.75, 3.05) is 6.54 Å². The van der Waals surface area contributed by atoms with E-state index in [1.807, 2.05) is 0 Å². The molecule has 0 aromatic carbocycles. The topological polar surface area (TPSA) is 66.4 Å². The van der Waals surface area contributed by atoms with Crippen LogP contribution in [-0.2, 0) is 9.59 Å². The summed E-state index contributed by atoms with van der Waals surface area (Å²) in [4.78, 5) is 22.4. The molecule has 18 heavy (non-hydrogen) atoms. The van der Waals surface area contributed by atoms with Crippen molar-refractivity contribution in [1.29, 1.82) is 0 Å². The summed E-state index contributed by atoms with van der Waals surface area (Å²) in [6, 6.07) is 0. The molecule has 0 atom stereocenters. The van der Waals surface area contributed by atoms with Gasteiger partial charge in [-0.1, -0.05) is 32.1 Å².